The molecule has 33 heavy (non-hydrogen) atoms. The van der Waals surface area contributed by atoms with E-state index in [1.165, 1.54) is 44.4 Å². The van der Waals surface area contributed by atoms with Gasteiger partial charge in [-0.05, 0) is 36.8 Å². The van der Waals surface area contributed by atoms with Crippen LogP contribution < -0.4 is 3.71 Å². The van der Waals surface area contributed by atoms with E-state index in [4.69, 9.17) is 0 Å². The molecule has 0 aromatic heterocycles. The van der Waals surface area contributed by atoms with Gasteiger partial charge in [-0.3, -0.25) is 10.1 Å². The molecule has 3 aromatic rings. The van der Waals surface area contributed by atoms with E-state index in [0.29, 0.717) is 5.69 Å². The summed E-state index contributed by atoms with van der Waals surface area (Å²) < 4.78 is 46.0. The summed E-state index contributed by atoms with van der Waals surface area (Å²) in [5, 5.41) is 11.0. The van der Waals surface area contributed by atoms with Crippen LogP contribution in [0.5, 0.6) is 0 Å². The highest BCUT2D eigenvalue weighted by atomic mass is 32.3. The standard InChI is InChI=1S/C21H18N4O5S3/c1-16-7-13-20(14-8-16)33(29,30)22-21-23(15-17-5-3-2-4-6-17)32(28)25(31-21)19-11-9-18(10-12-19)24(26)27/h2-14H,15H2,1H3. The van der Waals surface area contributed by atoms with E-state index in [9.17, 15) is 22.7 Å². The predicted molar refractivity (Wildman–Crippen MR) is 129 cm³/mol. The molecule has 12 heteroatoms. The van der Waals surface area contributed by atoms with Crippen molar-refractivity contribution in [1.29, 1.82) is 0 Å². The van der Waals surface area contributed by atoms with Crippen molar-refractivity contribution in [3.8, 4) is 0 Å². The van der Waals surface area contributed by atoms with E-state index in [0.717, 1.165) is 23.1 Å². The molecule has 0 radical (unpaired) electrons. The van der Waals surface area contributed by atoms with E-state index in [-0.39, 0.29) is 22.3 Å². The highest BCUT2D eigenvalue weighted by molar-refractivity contribution is 8.26. The molecule has 0 aliphatic carbocycles. The lowest BCUT2D eigenvalue weighted by Crippen LogP contribution is -2.28. The average Bonchev–Trinajstić information content (AvgIpc) is 3.09. The van der Waals surface area contributed by atoms with Crippen LogP contribution in [0.15, 0.2) is 88.2 Å². The molecule has 0 amide bonds. The Morgan fingerprint density at radius 1 is 1.00 bits per heavy atom. The Balaban J connectivity index is 1.72. The number of hydrogen-bond donors (Lipinski definition) is 0. The van der Waals surface area contributed by atoms with Gasteiger partial charge in [0.2, 0.25) is 16.3 Å². The van der Waals surface area contributed by atoms with Crippen LogP contribution in [0.3, 0.4) is 0 Å². The lowest BCUT2D eigenvalue weighted by Gasteiger charge is -2.17. The SMILES string of the molecule is Cc1ccc(S(=O)(=O)N=C2SN(c3ccc([N+](=O)[O-])cc3)S(=O)N2Cc2ccccc2)cc1. The Kier molecular flexibility index (Phi) is 6.49. The molecule has 4 rings (SSSR count). The molecule has 1 unspecified atom stereocenters. The molecule has 1 atom stereocenters. The second-order valence-electron chi connectivity index (χ2n) is 7.04. The Morgan fingerprint density at radius 2 is 1.64 bits per heavy atom. The minimum absolute atomic E-state index is 0.0282. The Labute approximate surface area is 197 Å². The zero-order valence-electron chi connectivity index (χ0n) is 17.3. The summed E-state index contributed by atoms with van der Waals surface area (Å²) >= 11 is -0.929. The van der Waals surface area contributed by atoms with Gasteiger partial charge in [-0.15, -0.1) is 4.40 Å². The van der Waals surface area contributed by atoms with Crippen molar-refractivity contribution < 1.29 is 17.6 Å². The highest BCUT2D eigenvalue weighted by Gasteiger charge is 2.37. The topological polar surface area (TPSA) is 113 Å². The van der Waals surface area contributed by atoms with Gasteiger partial charge >= 0.3 is 0 Å². The van der Waals surface area contributed by atoms with Gasteiger partial charge in [-0.2, -0.15) is 8.42 Å². The maximum atomic E-state index is 13.3. The second-order valence-corrected chi connectivity index (χ2v) is 11.1. The van der Waals surface area contributed by atoms with Crippen molar-refractivity contribution in [3.05, 3.63) is 100 Å². The van der Waals surface area contributed by atoms with Crippen LogP contribution in [0.4, 0.5) is 11.4 Å². The molecule has 170 valence electrons. The quantitative estimate of drug-likeness (QED) is 0.284. The maximum absolute atomic E-state index is 13.3. The molecule has 1 aliphatic rings. The number of nitrogens with zero attached hydrogens (tertiary/aromatic N) is 4. The third-order valence-electron chi connectivity index (χ3n) is 4.67. The summed E-state index contributed by atoms with van der Waals surface area (Å²) in [4.78, 5) is 10.5. The van der Waals surface area contributed by atoms with E-state index >= 15 is 0 Å². The number of rotatable bonds is 6. The molecule has 0 spiro atoms. The molecule has 1 fully saturated rings. The minimum Gasteiger partial charge on any atom is -0.258 e. The zero-order valence-corrected chi connectivity index (χ0v) is 19.7. The van der Waals surface area contributed by atoms with Gasteiger partial charge in [-0.25, -0.2) is 12.2 Å². The smallest absolute Gasteiger partial charge is 0.258 e. The minimum atomic E-state index is -4.06. The normalized spacial score (nSPS) is 17.5. The van der Waals surface area contributed by atoms with Crippen LogP contribution in [0, 0.1) is 17.0 Å². The number of nitro benzene ring substituents is 1. The van der Waals surface area contributed by atoms with Gasteiger partial charge in [0.15, 0.2) is 0 Å². The first kappa shape index (κ1) is 23.0. The summed E-state index contributed by atoms with van der Waals surface area (Å²) in [5.41, 5.74) is 2.04. The van der Waals surface area contributed by atoms with Gasteiger partial charge in [-0.1, -0.05) is 48.0 Å². The predicted octanol–water partition coefficient (Wildman–Crippen LogP) is 4.20. The summed E-state index contributed by atoms with van der Waals surface area (Å²) in [6.45, 7) is 2.01. The number of aryl methyl sites for hydroxylation is 1. The van der Waals surface area contributed by atoms with Gasteiger partial charge < -0.3 is 0 Å². The van der Waals surface area contributed by atoms with Crippen LogP contribution in [0.25, 0.3) is 0 Å². The molecule has 0 bridgehead atoms. The Hall–Kier alpha value is -3.22. The molecule has 1 heterocycles. The zero-order chi connectivity index (χ0) is 23.6. The summed E-state index contributed by atoms with van der Waals surface area (Å²) in [7, 11) is -4.06. The molecule has 0 saturated carbocycles. The van der Waals surface area contributed by atoms with Crippen LogP contribution in [-0.2, 0) is 27.7 Å². The molecule has 3 aromatic carbocycles. The summed E-state index contributed by atoms with van der Waals surface area (Å²) in [5.74, 6) is 0. The van der Waals surface area contributed by atoms with Crippen molar-refractivity contribution in [2.45, 2.75) is 18.4 Å². The summed E-state index contributed by atoms with van der Waals surface area (Å²) in [6, 6.07) is 21.0. The van der Waals surface area contributed by atoms with Crippen molar-refractivity contribution in [2.75, 3.05) is 3.71 Å². The number of sulfonamides is 1. The van der Waals surface area contributed by atoms with E-state index in [2.05, 4.69) is 4.40 Å². The van der Waals surface area contributed by atoms with Crippen molar-refractivity contribution in [3.63, 3.8) is 0 Å². The molecular weight excluding hydrogens is 484 g/mol. The molecular formula is C21H18N4O5S3. The maximum Gasteiger partial charge on any atom is 0.284 e. The average molecular weight is 503 g/mol. The van der Waals surface area contributed by atoms with Gasteiger partial charge in [0, 0.05) is 24.1 Å². The number of amidine groups is 1. The second kappa shape index (κ2) is 9.33. The van der Waals surface area contributed by atoms with Crippen LogP contribution in [0.1, 0.15) is 11.1 Å². The fourth-order valence-electron chi connectivity index (χ4n) is 2.95. The largest absolute Gasteiger partial charge is 0.284 e. The number of nitro groups is 1. The fraction of sp³-hybridized carbons (Fsp3) is 0.0952. The number of benzene rings is 3. The molecule has 1 aliphatic heterocycles. The summed E-state index contributed by atoms with van der Waals surface area (Å²) in [6.07, 6.45) is 0. The molecule has 0 N–H and O–H groups in total. The first-order valence-corrected chi connectivity index (χ1v) is 12.9. The van der Waals surface area contributed by atoms with Gasteiger partial charge in [0.05, 0.1) is 22.1 Å². The fourth-order valence-corrected chi connectivity index (χ4v) is 6.75. The van der Waals surface area contributed by atoms with E-state index < -0.39 is 26.1 Å². The van der Waals surface area contributed by atoms with Crippen molar-refractivity contribution in [2.24, 2.45) is 4.40 Å². The van der Waals surface area contributed by atoms with E-state index in [1.807, 2.05) is 37.3 Å². The van der Waals surface area contributed by atoms with Crippen molar-refractivity contribution in [1.82, 2.24) is 4.31 Å². The first-order chi connectivity index (χ1) is 15.7. The molecule has 9 nitrogen and oxygen atoms in total. The highest BCUT2D eigenvalue weighted by Crippen LogP contribution is 2.37. The van der Waals surface area contributed by atoms with Gasteiger partial charge in [0.25, 0.3) is 15.7 Å². The number of non-ortho nitro benzene ring substituents is 1. The lowest BCUT2D eigenvalue weighted by molar-refractivity contribution is -0.384. The van der Waals surface area contributed by atoms with Crippen molar-refractivity contribution >= 4 is 49.7 Å². The van der Waals surface area contributed by atoms with Crippen LogP contribution in [0.2, 0.25) is 0 Å². The van der Waals surface area contributed by atoms with Crippen LogP contribution in [-0.4, -0.2) is 27.0 Å². The van der Waals surface area contributed by atoms with Gasteiger partial charge in [0.1, 0.15) is 0 Å². The van der Waals surface area contributed by atoms with E-state index in [1.54, 1.807) is 12.1 Å². The number of hydrogen-bond acceptors (Lipinski definition) is 6. The Morgan fingerprint density at radius 3 is 2.24 bits per heavy atom. The third-order valence-corrected chi connectivity index (χ3v) is 8.81. The monoisotopic (exact) mass is 502 g/mol. The number of anilines is 1. The molecule has 1 saturated heterocycles. The third kappa shape index (κ3) is 5.07. The Bertz CT molecular complexity index is 1330. The van der Waals surface area contributed by atoms with Crippen LogP contribution >= 0.6 is 11.9 Å². The lowest BCUT2D eigenvalue weighted by atomic mass is 10.2. The first-order valence-electron chi connectivity index (χ1n) is 9.62.